The van der Waals surface area contributed by atoms with E-state index in [0.29, 0.717) is 31.3 Å². The first-order valence-electron chi connectivity index (χ1n) is 9.04. The minimum absolute atomic E-state index is 0.0996. The molecule has 1 aliphatic rings. The number of aliphatic hydroxyl groups excluding tert-OH is 1. The fourth-order valence-electron chi connectivity index (χ4n) is 2.82. The second kappa shape index (κ2) is 9.80. The lowest BCUT2D eigenvalue weighted by molar-refractivity contribution is 0.0742. The molecule has 1 aromatic heterocycles. The minimum Gasteiger partial charge on any atom is -0.395 e. The summed E-state index contributed by atoms with van der Waals surface area (Å²) in [6, 6.07) is 9.87. The average molecular weight is 368 g/mol. The summed E-state index contributed by atoms with van der Waals surface area (Å²) in [5, 5.41) is 9.30. The van der Waals surface area contributed by atoms with Crippen LogP contribution >= 0.6 is 0 Å². The molecule has 1 amide bonds. The Hall–Kier alpha value is -2.77. The summed E-state index contributed by atoms with van der Waals surface area (Å²) in [6.45, 7) is 3.35. The molecule has 1 N–H and O–H groups in total. The van der Waals surface area contributed by atoms with Crippen LogP contribution in [0.25, 0.3) is 6.08 Å². The minimum atomic E-state index is -0.199. The van der Waals surface area contributed by atoms with Gasteiger partial charge in [0.05, 0.1) is 25.4 Å². The van der Waals surface area contributed by atoms with Crippen molar-refractivity contribution in [3.63, 3.8) is 0 Å². The molecule has 2 heterocycles. The van der Waals surface area contributed by atoms with Crippen molar-refractivity contribution in [1.82, 2.24) is 14.9 Å². The van der Waals surface area contributed by atoms with Crippen LogP contribution in [0.5, 0.6) is 0 Å². The number of nitrogens with zero attached hydrogens (tertiary/aromatic N) is 4. The van der Waals surface area contributed by atoms with E-state index in [-0.39, 0.29) is 19.1 Å². The molecule has 0 unspecified atom stereocenters. The molecule has 7 heteroatoms. The SMILES string of the molecule is O=C(c1cnc(N2CCOCC2)nc1)N(C/C=C/c1ccccc1)CCO. The topological polar surface area (TPSA) is 78.8 Å². The van der Waals surface area contributed by atoms with Gasteiger partial charge < -0.3 is 19.6 Å². The van der Waals surface area contributed by atoms with Crippen LogP contribution in [0.4, 0.5) is 5.95 Å². The van der Waals surface area contributed by atoms with Gasteiger partial charge in [-0.15, -0.1) is 0 Å². The van der Waals surface area contributed by atoms with E-state index in [1.54, 1.807) is 17.3 Å². The summed E-state index contributed by atoms with van der Waals surface area (Å²) in [5.41, 5.74) is 1.47. The predicted octanol–water partition coefficient (Wildman–Crippen LogP) is 1.46. The summed E-state index contributed by atoms with van der Waals surface area (Å²) in [7, 11) is 0. The van der Waals surface area contributed by atoms with Crippen LogP contribution in [0.1, 0.15) is 15.9 Å². The van der Waals surface area contributed by atoms with Crippen LogP contribution in [0.15, 0.2) is 48.8 Å². The second-order valence-corrected chi connectivity index (χ2v) is 6.16. The Labute approximate surface area is 158 Å². The third-order valence-corrected chi connectivity index (χ3v) is 4.27. The Kier molecular flexibility index (Phi) is 6.90. The van der Waals surface area contributed by atoms with Crippen molar-refractivity contribution < 1.29 is 14.6 Å². The molecule has 0 spiro atoms. The number of anilines is 1. The van der Waals surface area contributed by atoms with Crippen molar-refractivity contribution in [2.24, 2.45) is 0 Å². The molecule has 0 aliphatic carbocycles. The highest BCUT2D eigenvalue weighted by Gasteiger charge is 2.17. The van der Waals surface area contributed by atoms with E-state index in [1.165, 1.54) is 0 Å². The molecule has 0 radical (unpaired) electrons. The van der Waals surface area contributed by atoms with Gasteiger partial charge in [-0.05, 0) is 5.56 Å². The van der Waals surface area contributed by atoms with Crippen molar-refractivity contribution in [1.29, 1.82) is 0 Å². The first-order chi connectivity index (χ1) is 13.3. The van der Waals surface area contributed by atoms with Crippen molar-refractivity contribution >= 4 is 17.9 Å². The van der Waals surface area contributed by atoms with E-state index in [0.717, 1.165) is 18.7 Å². The molecule has 1 saturated heterocycles. The molecule has 1 aliphatic heterocycles. The molecule has 2 aromatic rings. The van der Waals surface area contributed by atoms with Crippen molar-refractivity contribution in [3.05, 3.63) is 59.9 Å². The zero-order chi connectivity index (χ0) is 18.9. The van der Waals surface area contributed by atoms with E-state index >= 15 is 0 Å². The van der Waals surface area contributed by atoms with E-state index in [4.69, 9.17) is 4.74 Å². The zero-order valence-electron chi connectivity index (χ0n) is 15.2. The van der Waals surface area contributed by atoms with Crippen molar-refractivity contribution in [2.45, 2.75) is 0 Å². The zero-order valence-corrected chi connectivity index (χ0v) is 15.2. The van der Waals surface area contributed by atoms with Gasteiger partial charge in [0.2, 0.25) is 5.95 Å². The van der Waals surface area contributed by atoms with Gasteiger partial charge in [-0.2, -0.15) is 0 Å². The number of amides is 1. The smallest absolute Gasteiger partial charge is 0.257 e. The van der Waals surface area contributed by atoms with Gasteiger partial charge in [-0.25, -0.2) is 9.97 Å². The Bertz CT molecular complexity index is 744. The summed E-state index contributed by atoms with van der Waals surface area (Å²) in [5.74, 6) is 0.405. The molecule has 0 saturated carbocycles. The molecule has 0 bridgehead atoms. The number of morpholine rings is 1. The molecular formula is C20H24N4O3. The fourth-order valence-corrected chi connectivity index (χ4v) is 2.82. The predicted molar refractivity (Wildman–Crippen MR) is 104 cm³/mol. The van der Waals surface area contributed by atoms with Gasteiger partial charge in [-0.3, -0.25) is 4.79 Å². The number of aromatic nitrogens is 2. The maximum Gasteiger partial charge on any atom is 0.257 e. The first-order valence-corrected chi connectivity index (χ1v) is 9.04. The second-order valence-electron chi connectivity index (χ2n) is 6.16. The van der Waals surface area contributed by atoms with Crippen molar-refractivity contribution in [3.8, 4) is 0 Å². The van der Waals surface area contributed by atoms with Crippen LogP contribution in [0.3, 0.4) is 0 Å². The molecular weight excluding hydrogens is 344 g/mol. The molecule has 0 atom stereocenters. The summed E-state index contributed by atoms with van der Waals surface area (Å²) in [6.07, 6.45) is 6.96. The molecule has 1 aromatic carbocycles. The number of ether oxygens (including phenoxy) is 1. The van der Waals surface area contributed by atoms with Crippen LogP contribution < -0.4 is 4.90 Å². The molecule has 142 valence electrons. The standard InChI is InChI=1S/C20H24N4O3/c25-12-9-23(8-4-7-17-5-2-1-3-6-17)19(26)18-15-21-20(22-16-18)24-10-13-27-14-11-24/h1-7,15-16,25H,8-14H2/b7-4+. The average Bonchev–Trinajstić information content (AvgIpc) is 2.74. The monoisotopic (exact) mass is 368 g/mol. The Morgan fingerprint density at radius 1 is 1.19 bits per heavy atom. The summed E-state index contributed by atoms with van der Waals surface area (Å²) < 4.78 is 5.32. The van der Waals surface area contributed by atoms with Gasteiger partial charge >= 0.3 is 0 Å². The lowest BCUT2D eigenvalue weighted by Gasteiger charge is -2.26. The summed E-state index contributed by atoms with van der Waals surface area (Å²) >= 11 is 0. The van der Waals surface area contributed by atoms with Crippen LogP contribution in [0, 0.1) is 0 Å². The quantitative estimate of drug-likeness (QED) is 0.797. The third-order valence-electron chi connectivity index (χ3n) is 4.27. The van der Waals surface area contributed by atoms with E-state index in [1.807, 2.05) is 47.4 Å². The number of carbonyl (C=O) groups is 1. The first kappa shape index (κ1) is 19.0. The number of hydrogen-bond donors (Lipinski definition) is 1. The molecule has 1 fully saturated rings. The number of hydrogen-bond acceptors (Lipinski definition) is 6. The number of carbonyl (C=O) groups excluding carboxylic acids is 1. The maximum absolute atomic E-state index is 12.7. The third kappa shape index (κ3) is 5.35. The van der Waals surface area contributed by atoms with Gasteiger partial charge in [0.15, 0.2) is 0 Å². The lowest BCUT2D eigenvalue weighted by atomic mass is 10.2. The summed E-state index contributed by atoms with van der Waals surface area (Å²) in [4.78, 5) is 25.0. The molecule has 3 rings (SSSR count). The Balaban J connectivity index is 1.64. The largest absolute Gasteiger partial charge is 0.395 e. The number of benzene rings is 1. The van der Waals surface area contributed by atoms with Crippen molar-refractivity contribution in [2.75, 3.05) is 50.9 Å². The lowest BCUT2D eigenvalue weighted by Crippen LogP contribution is -2.37. The van der Waals surface area contributed by atoms with Gasteiger partial charge in [0.25, 0.3) is 5.91 Å². The van der Waals surface area contributed by atoms with E-state index < -0.39 is 0 Å². The van der Waals surface area contributed by atoms with Gasteiger partial charge in [0, 0.05) is 38.6 Å². The maximum atomic E-state index is 12.7. The van der Waals surface area contributed by atoms with Crippen LogP contribution in [-0.2, 0) is 4.74 Å². The van der Waals surface area contributed by atoms with Gasteiger partial charge in [0.1, 0.15) is 0 Å². The van der Waals surface area contributed by atoms with E-state index in [2.05, 4.69) is 9.97 Å². The van der Waals surface area contributed by atoms with Crippen LogP contribution in [0.2, 0.25) is 0 Å². The Morgan fingerprint density at radius 2 is 1.89 bits per heavy atom. The number of rotatable bonds is 7. The highest BCUT2D eigenvalue weighted by Crippen LogP contribution is 2.11. The van der Waals surface area contributed by atoms with E-state index in [9.17, 15) is 9.90 Å². The highest BCUT2D eigenvalue weighted by molar-refractivity contribution is 5.93. The number of aliphatic hydroxyl groups is 1. The Morgan fingerprint density at radius 3 is 2.56 bits per heavy atom. The normalized spacial score (nSPS) is 14.5. The fraction of sp³-hybridized carbons (Fsp3) is 0.350. The highest BCUT2D eigenvalue weighted by atomic mass is 16.5. The van der Waals surface area contributed by atoms with Crippen LogP contribution in [-0.4, -0.2) is 71.9 Å². The molecule has 7 nitrogen and oxygen atoms in total. The molecule has 27 heavy (non-hydrogen) atoms. The van der Waals surface area contributed by atoms with Gasteiger partial charge in [-0.1, -0.05) is 42.5 Å².